The Bertz CT molecular complexity index is 1770. The van der Waals surface area contributed by atoms with Crippen molar-refractivity contribution in [3.8, 4) is 51.2 Å². The molecule has 0 aliphatic rings. The van der Waals surface area contributed by atoms with Gasteiger partial charge in [0.2, 0.25) is 5.91 Å². The van der Waals surface area contributed by atoms with E-state index in [1.165, 1.54) is 23.1 Å². The Labute approximate surface area is 257 Å². The Balaban J connectivity index is 1.39. The van der Waals surface area contributed by atoms with Gasteiger partial charge in [-0.15, -0.1) is 23.1 Å². The number of rotatable bonds is 10. The van der Waals surface area contributed by atoms with E-state index >= 15 is 0 Å². The first kappa shape index (κ1) is 29.1. The van der Waals surface area contributed by atoms with Crippen LogP contribution in [0.4, 0.5) is 5.13 Å². The molecule has 0 radical (unpaired) electrons. The molecule has 0 spiro atoms. The van der Waals surface area contributed by atoms with Gasteiger partial charge in [-0.25, -0.2) is 9.97 Å². The van der Waals surface area contributed by atoms with Crippen LogP contribution in [0.25, 0.3) is 33.6 Å². The number of carbonyl (C=O) groups is 1. The molecule has 1 amide bonds. The van der Waals surface area contributed by atoms with Gasteiger partial charge in [-0.2, -0.15) is 5.26 Å². The van der Waals surface area contributed by atoms with E-state index in [-0.39, 0.29) is 12.3 Å². The summed E-state index contributed by atoms with van der Waals surface area (Å²) in [6.45, 7) is 0. The molecule has 2 aromatic heterocycles. The molecule has 42 heavy (non-hydrogen) atoms. The van der Waals surface area contributed by atoms with E-state index in [2.05, 4.69) is 16.4 Å². The van der Waals surface area contributed by atoms with Gasteiger partial charge in [-0.3, -0.25) is 4.79 Å². The fraction of sp³-hybridized carbons (Fsp3) is 0.125. The first-order valence-corrected chi connectivity index (χ1v) is 15.1. The number of benzene rings is 3. The molecule has 3 aromatic carbocycles. The number of carbonyl (C=O) groups excluding carboxylic acids is 1. The molecule has 0 aliphatic heterocycles. The van der Waals surface area contributed by atoms with E-state index < -0.39 is 0 Å². The molecule has 1 N–H and O–H groups in total. The van der Waals surface area contributed by atoms with Gasteiger partial charge < -0.3 is 14.8 Å². The Hall–Kier alpha value is -4.36. The summed E-state index contributed by atoms with van der Waals surface area (Å²) in [5.74, 6) is 1.30. The molecule has 5 aromatic rings. The molecule has 5 rings (SSSR count). The number of nitriles is 1. The maximum atomic E-state index is 12.8. The number of methoxy groups -OCH3 is 2. The molecule has 0 bridgehead atoms. The molecule has 0 unspecified atom stereocenters. The van der Waals surface area contributed by atoms with Gasteiger partial charge in [-0.05, 0) is 18.2 Å². The number of amides is 1. The smallest absolute Gasteiger partial charge is 0.226 e. The van der Waals surface area contributed by atoms with Crippen LogP contribution in [0.3, 0.4) is 0 Å². The summed E-state index contributed by atoms with van der Waals surface area (Å²) >= 11 is 8.98. The fourth-order valence-corrected chi connectivity index (χ4v) is 6.25. The molecule has 0 saturated carbocycles. The number of aromatic nitrogens is 2. The second-order valence-corrected chi connectivity index (χ2v) is 11.3. The van der Waals surface area contributed by atoms with Crippen LogP contribution in [-0.4, -0.2) is 35.8 Å². The number of hydrogen-bond donors (Lipinski definition) is 1. The average molecular weight is 613 g/mol. The summed E-state index contributed by atoms with van der Waals surface area (Å²) in [6.07, 6.45) is 0.200. The summed E-state index contributed by atoms with van der Waals surface area (Å²) in [7, 11) is 3.14. The van der Waals surface area contributed by atoms with Crippen LogP contribution in [0.15, 0.2) is 89.3 Å². The number of ether oxygens (including phenoxy) is 2. The molecule has 210 valence electrons. The maximum absolute atomic E-state index is 12.8. The van der Waals surface area contributed by atoms with Crippen LogP contribution < -0.4 is 14.8 Å². The molecule has 2 heterocycles. The van der Waals surface area contributed by atoms with Crippen LogP contribution in [0.2, 0.25) is 5.02 Å². The van der Waals surface area contributed by atoms with E-state index in [0.717, 1.165) is 11.1 Å². The molecule has 10 heteroatoms. The standard InChI is InChI=1S/C32H25ClN4O3S2/c1-39-28-14-8-12-21(30(28)40-2)23-17-26(20-9-4-3-5-10-20)35-31(24(23)18-34)41-16-15-29(38)37-32-36-27(19-42-32)22-11-6-7-13-25(22)33/h3-14,17,19H,15-16H2,1-2H3,(H,36,37,38). The van der Waals surface area contributed by atoms with E-state index in [9.17, 15) is 10.1 Å². The molecule has 0 aliphatic carbocycles. The van der Waals surface area contributed by atoms with Crippen molar-refractivity contribution >= 4 is 45.7 Å². The lowest BCUT2D eigenvalue weighted by atomic mass is 9.98. The van der Waals surface area contributed by atoms with E-state index in [4.69, 9.17) is 26.1 Å². The molecule has 0 saturated heterocycles. The SMILES string of the molecule is COc1cccc(-c2cc(-c3ccccc3)nc(SCCC(=O)Nc3nc(-c4ccccc4Cl)cs3)c2C#N)c1OC. The molecular formula is C32H25ClN4O3S2. The number of nitrogens with one attached hydrogen (secondary N) is 1. The van der Waals surface area contributed by atoms with E-state index in [1.807, 2.05) is 78.2 Å². The number of para-hydroxylation sites is 1. The second-order valence-electron chi connectivity index (χ2n) is 8.92. The second kappa shape index (κ2) is 13.5. The van der Waals surface area contributed by atoms with Gasteiger partial charge in [0.05, 0.1) is 31.2 Å². The van der Waals surface area contributed by atoms with E-state index in [0.29, 0.717) is 60.5 Å². The zero-order valence-corrected chi connectivity index (χ0v) is 25.1. The summed E-state index contributed by atoms with van der Waals surface area (Å²) in [5, 5.41) is 16.6. The zero-order chi connectivity index (χ0) is 29.5. The number of thioether (sulfide) groups is 1. The van der Waals surface area contributed by atoms with Gasteiger partial charge in [0, 0.05) is 44.8 Å². The molecule has 7 nitrogen and oxygen atoms in total. The van der Waals surface area contributed by atoms with Crippen LogP contribution in [0.1, 0.15) is 12.0 Å². The van der Waals surface area contributed by atoms with Crippen molar-refractivity contribution in [2.45, 2.75) is 11.4 Å². The third kappa shape index (κ3) is 6.42. The number of thiazole rings is 1. The monoisotopic (exact) mass is 612 g/mol. The van der Waals surface area contributed by atoms with Crippen molar-refractivity contribution in [2.24, 2.45) is 0 Å². The number of halogens is 1. The van der Waals surface area contributed by atoms with Crippen molar-refractivity contribution in [2.75, 3.05) is 25.3 Å². The Morgan fingerprint density at radius 2 is 1.71 bits per heavy atom. The summed E-state index contributed by atoms with van der Waals surface area (Å²) in [4.78, 5) is 22.2. The van der Waals surface area contributed by atoms with Crippen molar-refractivity contribution in [1.29, 1.82) is 5.26 Å². The minimum absolute atomic E-state index is 0.185. The molecule has 0 atom stereocenters. The topological polar surface area (TPSA) is 97.1 Å². The third-order valence-corrected chi connectivity index (χ3v) is 8.39. The lowest BCUT2D eigenvalue weighted by molar-refractivity contribution is -0.115. The minimum Gasteiger partial charge on any atom is -0.493 e. The molecule has 0 fully saturated rings. The van der Waals surface area contributed by atoms with Gasteiger partial charge in [-0.1, -0.05) is 72.3 Å². The largest absolute Gasteiger partial charge is 0.493 e. The van der Waals surface area contributed by atoms with Crippen LogP contribution in [0.5, 0.6) is 11.5 Å². The van der Waals surface area contributed by atoms with Crippen LogP contribution in [-0.2, 0) is 4.79 Å². The highest BCUT2D eigenvalue weighted by molar-refractivity contribution is 7.99. The van der Waals surface area contributed by atoms with Crippen LogP contribution in [0, 0.1) is 11.3 Å². The predicted molar refractivity (Wildman–Crippen MR) is 169 cm³/mol. The van der Waals surface area contributed by atoms with Gasteiger partial charge in [0.15, 0.2) is 16.6 Å². The first-order valence-electron chi connectivity index (χ1n) is 12.9. The fourth-order valence-electron chi connectivity index (χ4n) is 4.35. The number of pyridine rings is 1. The minimum atomic E-state index is -0.185. The van der Waals surface area contributed by atoms with Crippen LogP contribution >= 0.6 is 34.7 Å². The van der Waals surface area contributed by atoms with Crippen molar-refractivity contribution < 1.29 is 14.3 Å². The normalized spacial score (nSPS) is 10.6. The summed E-state index contributed by atoms with van der Waals surface area (Å²) < 4.78 is 11.2. The summed E-state index contributed by atoms with van der Waals surface area (Å²) in [5.41, 5.74) is 4.91. The lowest BCUT2D eigenvalue weighted by Gasteiger charge is -2.16. The highest BCUT2D eigenvalue weighted by atomic mass is 35.5. The zero-order valence-electron chi connectivity index (χ0n) is 22.8. The number of nitrogens with zero attached hydrogens (tertiary/aromatic N) is 3. The highest BCUT2D eigenvalue weighted by Gasteiger charge is 2.21. The van der Waals surface area contributed by atoms with Gasteiger partial charge in [0.1, 0.15) is 11.1 Å². The Morgan fingerprint density at radius 1 is 0.952 bits per heavy atom. The maximum Gasteiger partial charge on any atom is 0.226 e. The first-order chi connectivity index (χ1) is 20.5. The predicted octanol–water partition coefficient (Wildman–Crippen LogP) is 8.20. The average Bonchev–Trinajstić information content (AvgIpc) is 3.48. The summed E-state index contributed by atoms with van der Waals surface area (Å²) in [6, 6.07) is 27.0. The van der Waals surface area contributed by atoms with Crippen molar-refractivity contribution in [3.05, 3.63) is 94.8 Å². The van der Waals surface area contributed by atoms with Gasteiger partial charge in [0.25, 0.3) is 0 Å². The quantitative estimate of drug-likeness (QED) is 0.159. The van der Waals surface area contributed by atoms with Crippen molar-refractivity contribution in [3.63, 3.8) is 0 Å². The van der Waals surface area contributed by atoms with E-state index in [1.54, 1.807) is 20.3 Å². The van der Waals surface area contributed by atoms with Crippen molar-refractivity contribution in [1.82, 2.24) is 9.97 Å². The highest BCUT2D eigenvalue weighted by Crippen LogP contribution is 2.42. The number of hydrogen-bond acceptors (Lipinski definition) is 8. The third-order valence-electron chi connectivity index (χ3n) is 6.33. The van der Waals surface area contributed by atoms with Gasteiger partial charge >= 0.3 is 0 Å². The Kier molecular flexibility index (Phi) is 9.39. The number of anilines is 1. The Morgan fingerprint density at radius 3 is 2.45 bits per heavy atom. The molecular weight excluding hydrogens is 588 g/mol. The lowest BCUT2D eigenvalue weighted by Crippen LogP contribution is -2.12.